The van der Waals surface area contributed by atoms with E-state index < -0.39 is 0 Å². The van der Waals surface area contributed by atoms with E-state index in [1.807, 2.05) is 62.3 Å². The summed E-state index contributed by atoms with van der Waals surface area (Å²) >= 11 is 5.65. The van der Waals surface area contributed by atoms with Crippen LogP contribution in [0.5, 0.6) is 5.75 Å². The minimum Gasteiger partial charge on any atom is -0.494 e. The van der Waals surface area contributed by atoms with Crippen LogP contribution in [0.3, 0.4) is 0 Å². The molecule has 0 aliphatic carbocycles. The highest BCUT2D eigenvalue weighted by molar-refractivity contribution is 7.80. The van der Waals surface area contributed by atoms with E-state index in [1.165, 1.54) is 0 Å². The molecule has 0 aliphatic rings. The SMILES string of the molecule is CCOc1ccc2[nH]c(=O)c(CN(CCCN(C)C)C(=S)NCc3ccco3)cc2c1. The molecule has 31 heavy (non-hydrogen) atoms. The van der Waals surface area contributed by atoms with E-state index in [1.54, 1.807) is 6.26 Å². The summed E-state index contributed by atoms with van der Waals surface area (Å²) in [5, 5.41) is 4.77. The molecule has 3 rings (SSSR count). The lowest BCUT2D eigenvalue weighted by Crippen LogP contribution is -2.41. The maximum Gasteiger partial charge on any atom is 0.253 e. The van der Waals surface area contributed by atoms with Gasteiger partial charge in [-0.05, 0) is 82.6 Å². The molecule has 2 aromatic heterocycles. The van der Waals surface area contributed by atoms with Gasteiger partial charge in [0.15, 0.2) is 5.11 Å². The number of H-pyrrole nitrogens is 1. The predicted octanol–water partition coefficient (Wildman–Crippen LogP) is 3.35. The average Bonchev–Trinajstić information content (AvgIpc) is 3.25. The van der Waals surface area contributed by atoms with Crippen LogP contribution in [0.25, 0.3) is 10.9 Å². The smallest absolute Gasteiger partial charge is 0.253 e. The Morgan fingerprint density at radius 1 is 1.23 bits per heavy atom. The van der Waals surface area contributed by atoms with Crippen LogP contribution in [-0.2, 0) is 13.1 Å². The van der Waals surface area contributed by atoms with Crippen molar-refractivity contribution in [1.82, 2.24) is 20.1 Å². The van der Waals surface area contributed by atoms with Crippen molar-refractivity contribution in [1.29, 1.82) is 0 Å². The monoisotopic (exact) mass is 442 g/mol. The standard InChI is InChI=1S/C23H30N4O3S/c1-4-29-19-8-9-21-17(14-19)13-18(22(28)25-21)16-27(11-6-10-26(2)3)23(31)24-15-20-7-5-12-30-20/h5,7-9,12-14H,4,6,10-11,15-16H2,1-3H3,(H,24,31)(H,25,28). The van der Waals surface area contributed by atoms with E-state index in [4.69, 9.17) is 21.4 Å². The molecule has 0 fully saturated rings. The Balaban J connectivity index is 1.79. The van der Waals surface area contributed by atoms with Crippen LogP contribution in [0.4, 0.5) is 0 Å². The summed E-state index contributed by atoms with van der Waals surface area (Å²) in [6.07, 6.45) is 2.57. The van der Waals surface area contributed by atoms with E-state index in [2.05, 4.69) is 15.2 Å². The first-order chi connectivity index (χ1) is 15.0. The Kier molecular flexibility index (Phi) is 8.08. The first-order valence-electron chi connectivity index (χ1n) is 10.4. The number of aromatic amines is 1. The molecule has 0 saturated heterocycles. The van der Waals surface area contributed by atoms with Crippen molar-refractivity contribution in [2.24, 2.45) is 0 Å². The number of furan rings is 1. The summed E-state index contributed by atoms with van der Waals surface area (Å²) in [6, 6.07) is 11.3. The molecule has 3 aromatic rings. The molecule has 2 N–H and O–H groups in total. The molecule has 0 saturated carbocycles. The Bertz CT molecular complexity index is 1050. The number of nitrogens with one attached hydrogen (secondary N) is 2. The van der Waals surface area contributed by atoms with Crippen LogP contribution in [0.15, 0.2) is 51.9 Å². The molecule has 1 aromatic carbocycles. The van der Waals surface area contributed by atoms with E-state index >= 15 is 0 Å². The van der Waals surface area contributed by atoms with Gasteiger partial charge >= 0.3 is 0 Å². The van der Waals surface area contributed by atoms with Crippen molar-refractivity contribution in [3.8, 4) is 5.75 Å². The fraction of sp³-hybridized carbons (Fsp3) is 0.391. The fourth-order valence-corrected chi connectivity index (χ4v) is 3.56. The van der Waals surface area contributed by atoms with Gasteiger partial charge in [-0.25, -0.2) is 0 Å². The van der Waals surface area contributed by atoms with Crippen molar-refractivity contribution in [3.63, 3.8) is 0 Å². The lowest BCUT2D eigenvalue weighted by Gasteiger charge is -2.26. The van der Waals surface area contributed by atoms with Crippen LogP contribution in [0.2, 0.25) is 0 Å². The van der Waals surface area contributed by atoms with Gasteiger partial charge in [-0.2, -0.15) is 0 Å². The second-order valence-corrected chi connectivity index (χ2v) is 8.01. The normalized spacial score (nSPS) is 11.1. The molecule has 0 radical (unpaired) electrons. The van der Waals surface area contributed by atoms with Gasteiger partial charge in [-0.3, -0.25) is 4.79 Å². The quantitative estimate of drug-likeness (QED) is 0.467. The molecule has 8 heteroatoms. The van der Waals surface area contributed by atoms with Gasteiger partial charge in [0.05, 0.1) is 26.0 Å². The van der Waals surface area contributed by atoms with E-state index in [-0.39, 0.29) is 5.56 Å². The van der Waals surface area contributed by atoms with Crippen molar-refractivity contribution in [3.05, 3.63) is 64.3 Å². The Morgan fingerprint density at radius 3 is 2.77 bits per heavy atom. The molecule has 0 spiro atoms. The second kappa shape index (κ2) is 11.0. The highest BCUT2D eigenvalue weighted by Crippen LogP contribution is 2.20. The number of nitrogens with zero attached hydrogens (tertiary/aromatic N) is 2. The first kappa shape index (κ1) is 22.8. The highest BCUT2D eigenvalue weighted by atomic mass is 32.1. The van der Waals surface area contributed by atoms with E-state index in [0.717, 1.165) is 41.9 Å². The summed E-state index contributed by atoms with van der Waals surface area (Å²) in [4.78, 5) is 19.9. The van der Waals surface area contributed by atoms with Crippen LogP contribution < -0.4 is 15.6 Å². The van der Waals surface area contributed by atoms with Gasteiger partial charge in [0.25, 0.3) is 5.56 Å². The van der Waals surface area contributed by atoms with Gasteiger partial charge in [0.2, 0.25) is 0 Å². The maximum absolute atomic E-state index is 12.7. The Labute approximate surface area is 188 Å². The van der Waals surface area contributed by atoms with Crippen LogP contribution in [-0.4, -0.2) is 53.7 Å². The van der Waals surface area contributed by atoms with Crippen LogP contribution in [0.1, 0.15) is 24.7 Å². The van der Waals surface area contributed by atoms with E-state index in [9.17, 15) is 4.79 Å². The van der Waals surface area contributed by atoms with Crippen molar-refractivity contribution < 1.29 is 9.15 Å². The fourth-order valence-electron chi connectivity index (χ4n) is 3.33. The number of hydrogen-bond acceptors (Lipinski definition) is 5. The van der Waals surface area contributed by atoms with Gasteiger partial charge in [-0.1, -0.05) is 0 Å². The van der Waals surface area contributed by atoms with Gasteiger partial charge in [-0.15, -0.1) is 0 Å². The van der Waals surface area contributed by atoms with Crippen molar-refractivity contribution >= 4 is 28.2 Å². The molecule has 0 amide bonds. The lowest BCUT2D eigenvalue weighted by atomic mass is 10.1. The molecule has 0 bridgehead atoms. The van der Waals surface area contributed by atoms with Crippen LogP contribution >= 0.6 is 12.2 Å². The summed E-state index contributed by atoms with van der Waals surface area (Å²) in [6.45, 7) is 5.13. The third-order valence-electron chi connectivity index (χ3n) is 4.88. The second-order valence-electron chi connectivity index (χ2n) is 7.62. The largest absolute Gasteiger partial charge is 0.494 e. The van der Waals surface area contributed by atoms with Gasteiger partial charge in [0, 0.05) is 23.0 Å². The summed E-state index contributed by atoms with van der Waals surface area (Å²) in [5.41, 5.74) is 1.34. The molecular formula is C23H30N4O3S. The Hall–Kier alpha value is -2.84. The number of rotatable bonds is 10. The lowest BCUT2D eigenvalue weighted by molar-refractivity contribution is 0.339. The predicted molar refractivity (Wildman–Crippen MR) is 127 cm³/mol. The molecule has 2 heterocycles. The zero-order chi connectivity index (χ0) is 22.2. The minimum atomic E-state index is -0.108. The maximum atomic E-state index is 12.7. The van der Waals surface area contributed by atoms with Gasteiger partial charge in [0.1, 0.15) is 11.5 Å². The van der Waals surface area contributed by atoms with Gasteiger partial charge < -0.3 is 29.3 Å². The Morgan fingerprint density at radius 2 is 2.06 bits per heavy atom. The molecule has 0 unspecified atom stereocenters. The number of ether oxygens (including phenoxy) is 1. The number of thiocarbonyl (C=S) groups is 1. The minimum absolute atomic E-state index is 0.108. The molecule has 0 atom stereocenters. The first-order valence-corrected chi connectivity index (χ1v) is 10.9. The zero-order valence-electron chi connectivity index (χ0n) is 18.3. The summed E-state index contributed by atoms with van der Waals surface area (Å²) in [5.74, 6) is 1.59. The third kappa shape index (κ3) is 6.57. The average molecular weight is 443 g/mol. The number of benzene rings is 1. The highest BCUT2D eigenvalue weighted by Gasteiger charge is 2.14. The van der Waals surface area contributed by atoms with Crippen molar-refractivity contribution in [2.75, 3.05) is 33.8 Å². The molecule has 0 aliphatic heterocycles. The van der Waals surface area contributed by atoms with Crippen LogP contribution in [0, 0.1) is 0 Å². The number of aromatic nitrogens is 1. The molecular weight excluding hydrogens is 412 g/mol. The number of fused-ring (bicyclic) bond motifs is 1. The summed E-state index contributed by atoms with van der Waals surface area (Å²) < 4.78 is 11.0. The summed E-state index contributed by atoms with van der Waals surface area (Å²) in [7, 11) is 4.09. The topological polar surface area (TPSA) is 73.7 Å². The van der Waals surface area contributed by atoms with Crippen molar-refractivity contribution in [2.45, 2.75) is 26.4 Å². The zero-order valence-corrected chi connectivity index (χ0v) is 19.1. The number of hydrogen-bond donors (Lipinski definition) is 2. The molecule has 166 valence electrons. The van der Waals surface area contributed by atoms with E-state index in [0.29, 0.717) is 30.4 Å². The number of pyridine rings is 1. The third-order valence-corrected chi connectivity index (χ3v) is 5.28. The molecule has 7 nitrogen and oxygen atoms in total.